The van der Waals surface area contributed by atoms with Crippen LogP contribution in [-0.4, -0.2) is 94.3 Å². The molecule has 12 nitrogen and oxygen atoms in total. The van der Waals surface area contributed by atoms with Gasteiger partial charge in [-0.2, -0.15) is 0 Å². The Hall–Kier alpha value is -3.99. The van der Waals surface area contributed by atoms with Crippen LogP contribution >= 0.6 is 0 Å². The van der Waals surface area contributed by atoms with Gasteiger partial charge in [0.05, 0.1) is 49.5 Å². The predicted molar refractivity (Wildman–Crippen MR) is 267 cm³/mol. The van der Waals surface area contributed by atoms with Gasteiger partial charge in [-0.3, -0.25) is 14.9 Å². The first-order valence-corrected chi connectivity index (χ1v) is 28.6. The maximum atomic E-state index is 16.3. The van der Waals surface area contributed by atoms with Gasteiger partial charge in [-0.1, -0.05) is 69.0 Å². The Morgan fingerprint density at radius 2 is 1.79 bits per heavy atom. The first-order valence-electron chi connectivity index (χ1n) is 28.6. The molecule has 10 fully saturated rings. The number of ether oxygens (including phenoxy) is 4. The number of allylic oxidation sites excluding steroid dienone is 1. The van der Waals surface area contributed by atoms with Crippen LogP contribution in [0.2, 0.25) is 0 Å². The molecule has 73 heavy (non-hydrogen) atoms. The minimum atomic E-state index is -1.52. The van der Waals surface area contributed by atoms with E-state index < -0.39 is 75.3 Å². The van der Waals surface area contributed by atoms with E-state index in [0.29, 0.717) is 73.5 Å². The van der Waals surface area contributed by atoms with E-state index in [-0.39, 0.29) is 54.9 Å². The summed E-state index contributed by atoms with van der Waals surface area (Å²) >= 11 is 0. The zero-order valence-corrected chi connectivity index (χ0v) is 43.3. The molecule has 5 saturated heterocycles. The second-order valence-corrected chi connectivity index (χ2v) is 26.5. The van der Waals surface area contributed by atoms with Gasteiger partial charge in [0.1, 0.15) is 24.1 Å². The van der Waals surface area contributed by atoms with Crippen LogP contribution in [0.1, 0.15) is 128 Å². The van der Waals surface area contributed by atoms with Crippen molar-refractivity contribution < 1.29 is 48.0 Å². The first-order chi connectivity index (χ1) is 35.2. The average molecular weight is 997 g/mol. The maximum absolute atomic E-state index is 16.3. The van der Waals surface area contributed by atoms with Crippen molar-refractivity contribution in [2.75, 3.05) is 19.8 Å². The molecule has 12 heteroatoms. The number of esters is 2. The summed E-state index contributed by atoms with van der Waals surface area (Å²) in [5.74, 6) is 7.80. The van der Waals surface area contributed by atoms with Gasteiger partial charge in [-0.05, 0) is 155 Å². The SMILES string of the molecule is CC(C)CCC1(C)OC2CC(=O)OCC23C1C(=O)C(O)C12C4CC(Cc5ccccc5)CCC4C#CCC4(c5ccoc5CC5C(O)CCC6CC7C(C=CN8CNCC78)CC65)OC(=O)C5OC51C4(C)CCC32. The van der Waals surface area contributed by atoms with Crippen LogP contribution in [0, 0.1) is 93.2 Å². The fraction of sp³-hybridized carbons (Fsp3) is 0.721. The molecule has 3 spiro atoms. The summed E-state index contributed by atoms with van der Waals surface area (Å²) in [6.45, 7) is 10.5. The summed E-state index contributed by atoms with van der Waals surface area (Å²) in [6, 6.07) is 13.1. The lowest BCUT2D eigenvalue weighted by atomic mass is 9.31. The number of nitrogens with one attached hydrogen (secondary N) is 1. The summed E-state index contributed by atoms with van der Waals surface area (Å²) in [7, 11) is 0. The molecule has 21 atom stereocenters. The van der Waals surface area contributed by atoms with Gasteiger partial charge in [0.25, 0.3) is 0 Å². The van der Waals surface area contributed by atoms with Crippen LogP contribution in [0.3, 0.4) is 0 Å². The number of carbonyl (C=O) groups is 3. The number of ketones is 1. The smallest absolute Gasteiger partial charge is 0.339 e. The quantitative estimate of drug-likeness (QED) is 0.135. The number of nitrogens with zero attached hydrogens (tertiary/aromatic N) is 1. The molecule has 14 rings (SSSR count). The fourth-order valence-electron chi connectivity index (χ4n) is 20.3. The molecule has 0 radical (unpaired) electrons. The maximum Gasteiger partial charge on any atom is 0.339 e. The van der Waals surface area contributed by atoms with Gasteiger partial charge in [0.15, 0.2) is 17.5 Å². The minimum Gasteiger partial charge on any atom is -0.469 e. The monoisotopic (exact) mass is 997 g/mol. The van der Waals surface area contributed by atoms with E-state index in [1.807, 2.05) is 19.1 Å². The van der Waals surface area contributed by atoms with Crippen molar-refractivity contribution in [3.63, 3.8) is 0 Å². The molecule has 6 aliphatic carbocycles. The van der Waals surface area contributed by atoms with E-state index >= 15 is 9.59 Å². The number of Topliss-reactive ketones (excluding diaryl/α,β-unsaturated/α-hetero) is 1. The van der Waals surface area contributed by atoms with Crippen LogP contribution in [0.15, 0.2) is 59.4 Å². The highest BCUT2D eigenvalue weighted by molar-refractivity contribution is 5.92. The molecule has 21 unspecified atom stereocenters. The number of hydrogen-bond acceptors (Lipinski definition) is 12. The normalized spacial score (nSPS) is 49.6. The number of aliphatic hydroxyl groups is 2. The summed E-state index contributed by atoms with van der Waals surface area (Å²) in [6.07, 6.45) is 13.2. The number of hydrogen-bond donors (Lipinski definition) is 3. The standard InChI is InChI=1S/C61H76N2O10/c1-34(2)16-21-56(3)52-51(66)53(67)60-44-26-36(25-35-9-6-5-7-10-35)12-13-37(44)11-8-20-59(57(4,61(60)54(72-61)55(68)73-59)22-17-48(60)58(52)32-70-50(65)30-49(58)71-56)43-19-24-69-47(43)29-42-40-27-39-18-23-63-33-62-31-45(63)41(39)28-38(40)14-15-46(42)64/h5-7,9-10,18-19,23-24,34,36-42,44-46,48-49,52-54,62,64,67H,12-17,20-22,25-33H2,1-4H3. The van der Waals surface area contributed by atoms with Gasteiger partial charge in [-0.25, -0.2) is 4.79 Å². The molecule has 7 heterocycles. The van der Waals surface area contributed by atoms with Crippen molar-refractivity contribution in [1.29, 1.82) is 0 Å². The largest absolute Gasteiger partial charge is 0.469 e. The van der Waals surface area contributed by atoms with Crippen molar-refractivity contribution in [3.8, 4) is 11.8 Å². The zero-order valence-electron chi connectivity index (χ0n) is 43.3. The van der Waals surface area contributed by atoms with Gasteiger partial charge in [-0.15, -0.1) is 0 Å². The van der Waals surface area contributed by atoms with Gasteiger partial charge < -0.3 is 38.5 Å². The average Bonchev–Trinajstić information content (AvgIpc) is 3.76. The van der Waals surface area contributed by atoms with Crippen LogP contribution in [0.5, 0.6) is 0 Å². The number of aliphatic hydroxyl groups excluding tert-OH is 2. The van der Waals surface area contributed by atoms with E-state index in [0.717, 1.165) is 70.1 Å². The lowest BCUT2D eigenvalue weighted by Crippen LogP contribution is -2.81. The van der Waals surface area contributed by atoms with Crippen molar-refractivity contribution in [3.05, 3.63) is 71.8 Å². The molecule has 1 aromatic carbocycles. The van der Waals surface area contributed by atoms with E-state index in [9.17, 15) is 15.0 Å². The van der Waals surface area contributed by atoms with E-state index in [4.69, 9.17) is 23.4 Å². The molecule has 5 saturated carbocycles. The van der Waals surface area contributed by atoms with Gasteiger partial charge in [0, 0.05) is 46.7 Å². The van der Waals surface area contributed by atoms with Gasteiger partial charge >= 0.3 is 11.9 Å². The Bertz CT molecular complexity index is 2670. The van der Waals surface area contributed by atoms with Crippen molar-refractivity contribution in [2.45, 2.75) is 171 Å². The van der Waals surface area contributed by atoms with E-state index in [1.54, 1.807) is 6.26 Å². The summed E-state index contributed by atoms with van der Waals surface area (Å²) in [5.41, 5.74) is -4.99. The minimum absolute atomic E-state index is 0.0117. The number of rotatable bonds is 8. The molecular formula is C61H76N2O10. The molecule has 390 valence electrons. The van der Waals surface area contributed by atoms with Gasteiger partial charge in [0.2, 0.25) is 0 Å². The highest BCUT2D eigenvalue weighted by Crippen LogP contribution is 2.84. The summed E-state index contributed by atoms with van der Waals surface area (Å²) in [4.78, 5) is 47.8. The molecule has 3 N–H and O–H groups in total. The van der Waals surface area contributed by atoms with Crippen LogP contribution in [-0.2, 0) is 51.8 Å². The van der Waals surface area contributed by atoms with Crippen molar-refractivity contribution >= 4 is 17.7 Å². The number of benzene rings is 1. The number of cyclic esters (lactones) is 1. The second-order valence-electron chi connectivity index (χ2n) is 26.5. The number of fused-ring (bicyclic) bond motifs is 5. The molecule has 6 aliphatic heterocycles. The molecule has 2 aromatic rings. The highest BCUT2D eigenvalue weighted by Gasteiger charge is 2.95. The molecule has 0 amide bonds. The number of epoxide rings is 1. The second kappa shape index (κ2) is 16.5. The lowest BCUT2D eigenvalue weighted by Gasteiger charge is -2.71. The zero-order chi connectivity index (χ0) is 50.0. The Labute approximate surface area is 430 Å². The number of carbonyl (C=O) groups excluding carboxylic acids is 3. The Balaban J connectivity index is 0.914. The highest BCUT2D eigenvalue weighted by atomic mass is 16.7. The third-order valence-corrected chi connectivity index (χ3v) is 23.2. The third kappa shape index (κ3) is 6.24. The Morgan fingerprint density at radius 1 is 0.945 bits per heavy atom. The lowest BCUT2D eigenvalue weighted by molar-refractivity contribution is -0.295. The summed E-state index contributed by atoms with van der Waals surface area (Å²) < 4.78 is 34.7. The molecule has 1 aromatic heterocycles. The fourth-order valence-corrected chi connectivity index (χ4v) is 20.3. The Kier molecular flexibility index (Phi) is 10.7. The van der Waals surface area contributed by atoms with Crippen LogP contribution < -0.4 is 5.32 Å². The van der Waals surface area contributed by atoms with Crippen LogP contribution in [0.4, 0.5) is 0 Å². The number of furan rings is 1. The molecule has 12 aliphatic rings. The summed E-state index contributed by atoms with van der Waals surface area (Å²) in [5, 5.41) is 29.7. The van der Waals surface area contributed by atoms with E-state index in [2.05, 4.69) is 79.4 Å². The Morgan fingerprint density at radius 3 is 2.63 bits per heavy atom. The third-order valence-electron chi connectivity index (χ3n) is 23.2. The van der Waals surface area contributed by atoms with Crippen LogP contribution in [0.25, 0.3) is 0 Å². The molecule has 4 bridgehead atoms. The van der Waals surface area contributed by atoms with Crippen molar-refractivity contribution in [1.82, 2.24) is 10.2 Å². The van der Waals surface area contributed by atoms with E-state index in [1.165, 1.54) is 5.56 Å². The first kappa shape index (κ1) is 47.5. The molecular weight excluding hydrogens is 921 g/mol. The van der Waals surface area contributed by atoms with Crippen molar-refractivity contribution in [2.24, 2.45) is 81.3 Å². The topological polar surface area (TPSA) is 160 Å². The predicted octanol–water partition coefficient (Wildman–Crippen LogP) is 7.67.